The number of carbonyl (C=O) groups is 1. The van der Waals surface area contributed by atoms with Gasteiger partial charge in [-0.1, -0.05) is 6.07 Å². The summed E-state index contributed by atoms with van der Waals surface area (Å²) in [5.74, 6) is 0.566. The van der Waals surface area contributed by atoms with Gasteiger partial charge in [0.25, 0.3) is 5.91 Å². The van der Waals surface area contributed by atoms with Gasteiger partial charge in [-0.3, -0.25) is 4.79 Å². The summed E-state index contributed by atoms with van der Waals surface area (Å²) in [6.45, 7) is 0.457. The van der Waals surface area contributed by atoms with E-state index in [-0.39, 0.29) is 5.91 Å². The number of nitrogens with one attached hydrogen (secondary N) is 1. The van der Waals surface area contributed by atoms with Crippen molar-refractivity contribution in [2.24, 2.45) is 0 Å². The van der Waals surface area contributed by atoms with Crippen molar-refractivity contribution in [2.45, 2.75) is 25.3 Å². The molecule has 4 nitrogen and oxygen atoms in total. The minimum Gasteiger partial charge on any atom is -0.346 e. The average Bonchev–Trinajstić information content (AvgIpc) is 3.11. The van der Waals surface area contributed by atoms with Gasteiger partial charge in [-0.2, -0.15) is 0 Å². The van der Waals surface area contributed by atoms with E-state index in [4.69, 9.17) is 0 Å². The molecule has 1 aliphatic rings. The minimum absolute atomic E-state index is 0.0448. The zero-order valence-electron chi connectivity index (χ0n) is 9.80. The maximum atomic E-state index is 11.8. The predicted molar refractivity (Wildman–Crippen MR) is 69.5 cm³/mol. The Bertz CT molecular complexity index is 549. The predicted octanol–water partition coefficient (Wildman–Crippen LogP) is 2.35. The minimum atomic E-state index is -0.0448. The second-order valence-corrected chi connectivity index (χ2v) is 5.32. The van der Waals surface area contributed by atoms with Crippen LogP contribution in [0, 0.1) is 0 Å². The molecule has 2 heterocycles. The fraction of sp³-hybridized carbons (Fsp3) is 0.308. The molecule has 18 heavy (non-hydrogen) atoms. The molecule has 1 fully saturated rings. The van der Waals surface area contributed by atoms with Crippen LogP contribution in [0.2, 0.25) is 0 Å². The molecule has 1 N–H and O–H groups in total. The summed E-state index contributed by atoms with van der Waals surface area (Å²) in [4.78, 5) is 20.9. The van der Waals surface area contributed by atoms with E-state index in [1.54, 1.807) is 6.33 Å². The van der Waals surface area contributed by atoms with Crippen LogP contribution in [0.5, 0.6) is 0 Å². The summed E-state index contributed by atoms with van der Waals surface area (Å²) in [5.41, 5.74) is 1.97. The number of thiophene rings is 1. The van der Waals surface area contributed by atoms with Crippen molar-refractivity contribution in [1.29, 1.82) is 0 Å². The van der Waals surface area contributed by atoms with Gasteiger partial charge in [-0.25, -0.2) is 9.97 Å². The maximum absolute atomic E-state index is 11.8. The van der Waals surface area contributed by atoms with E-state index >= 15 is 0 Å². The van der Waals surface area contributed by atoms with Gasteiger partial charge in [-0.05, 0) is 30.4 Å². The molecule has 1 amide bonds. The number of amides is 1. The van der Waals surface area contributed by atoms with Gasteiger partial charge in [0, 0.05) is 11.6 Å². The van der Waals surface area contributed by atoms with Crippen molar-refractivity contribution in [3.05, 3.63) is 46.2 Å². The molecule has 0 aliphatic heterocycles. The van der Waals surface area contributed by atoms with E-state index < -0.39 is 0 Å². The normalized spacial score (nSPS) is 14.4. The lowest BCUT2D eigenvalue weighted by atomic mass is 10.2. The topological polar surface area (TPSA) is 54.9 Å². The number of aromatic nitrogens is 2. The van der Waals surface area contributed by atoms with Crippen molar-refractivity contribution in [2.75, 3.05) is 0 Å². The number of hydrogen-bond acceptors (Lipinski definition) is 4. The first-order valence-corrected chi connectivity index (χ1v) is 6.83. The van der Waals surface area contributed by atoms with Gasteiger partial charge in [-0.15, -0.1) is 11.3 Å². The van der Waals surface area contributed by atoms with E-state index in [1.165, 1.54) is 24.2 Å². The van der Waals surface area contributed by atoms with Crippen LogP contribution in [0.3, 0.4) is 0 Å². The molecule has 2 aromatic heterocycles. The van der Waals surface area contributed by atoms with Gasteiger partial charge in [0.2, 0.25) is 0 Å². The van der Waals surface area contributed by atoms with Gasteiger partial charge in [0.1, 0.15) is 6.33 Å². The molecule has 3 rings (SSSR count). The Hall–Kier alpha value is -1.75. The zero-order chi connectivity index (χ0) is 12.4. The highest BCUT2D eigenvalue weighted by molar-refractivity contribution is 7.12. The third kappa shape index (κ3) is 2.56. The highest BCUT2D eigenvalue weighted by Gasteiger charge is 2.25. The van der Waals surface area contributed by atoms with Crippen molar-refractivity contribution < 1.29 is 4.79 Å². The summed E-state index contributed by atoms with van der Waals surface area (Å²) in [6, 6.07) is 5.68. The number of nitrogens with zero attached hydrogens (tertiary/aromatic N) is 2. The van der Waals surface area contributed by atoms with Gasteiger partial charge >= 0.3 is 0 Å². The molecule has 0 aromatic carbocycles. The summed E-state index contributed by atoms with van der Waals surface area (Å²) in [7, 11) is 0. The van der Waals surface area contributed by atoms with Crippen LogP contribution in [0.15, 0.2) is 29.9 Å². The van der Waals surface area contributed by atoms with Gasteiger partial charge < -0.3 is 5.32 Å². The van der Waals surface area contributed by atoms with E-state index in [1.807, 2.05) is 23.6 Å². The largest absolute Gasteiger partial charge is 0.346 e. The standard InChI is InChI=1S/C13H13N3OS/c17-13(12-2-1-5-18-12)14-7-10-6-11(9-3-4-9)16-8-15-10/h1-2,5-6,8-9H,3-4,7H2,(H,14,17). The highest BCUT2D eigenvalue weighted by atomic mass is 32.1. The first-order chi connectivity index (χ1) is 8.83. The Balaban J connectivity index is 1.62. The molecule has 1 saturated carbocycles. The van der Waals surface area contributed by atoms with E-state index in [0.717, 1.165) is 16.3 Å². The molecule has 0 atom stereocenters. The molecule has 0 unspecified atom stereocenters. The molecular weight excluding hydrogens is 246 g/mol. The molecule has 0 saturated heterocycles. The maximum Gasteiger partial charge on any atom is 0.261 e. The summed E-state index contributed by atoms with van der Waals surface area (Å²) >= 11 is 1.44. The summed E-state index contributed by atoms with van der Waals surface area (Å²) < 4.78 is 0. The molecule has 5 heteroatoms. The van der Waals surface area contributed by atoms with Gasteiger partial charge in [0.15, 0.2) is 0 Å². The molecule has 0 radical (unpaired) electrons. The Morgan fingerprint density at radius 1 is 1.44 bits per heavy atom. The number of carbonyl (C=O) groups excluding carboxylic acids is 1. The van der Waals surface area contributed by atoms with Crippen molar-refractivity contribution in [3.63, 3.8) is 0 Å². The quantitative estimate of drug-likeness (QED) is 0.917. The smallest absolute Gasteiger partial charge is 0.261 e. The number of rotatable bonds is 4. The second-order valence-electron chi connectivity index (χ2n) is 4.37. The zero-order valence-corrected chi connectivity index (χ0v) is 10.6. The first kappa shape index (κ1) is 11.3. The number of hydrogen-bond donors (Lipinski definition) is 1. The Morgan fingerprint density at radius 2 is 2.33 bits per heavy atom. The lowest BCUT2D eigenvalue weighted by Crippen LogP contribution is -2.22. The monoisotopic (exact) mass is 259 g/mol. The average molecular weight is 259 g/mol. The van der Waals surface area contributed by atoms with Crippen molar-refractivity contribution in [1.82, 2.24) is 15.3 Å². The Kier molecular flexibility index (Phi) is 3.06. The van der Waals surface area contributed by atoms with Crippen LogP contribution >= 0.6 is 11.3 Å². The third-order valence-corrected chi connectivity index (χ3v) is 3.78. The van der Waals surface area contributed by atoms with Crippen LogP contribution in [-0.2, 0) is 6.54 Å². The fourth-order valence-electron chi connectivity index (χ4n) is 1.78. The Morgan fingerprint density at radius 3 is 3.06 bits per heavy atom. The second kappa shape index (κ2) is 4.86. The molecular formula is C13H13N3OS. The molecule has 1 aliphatic carbocycles. The molecule has 92 valence electrons. The lowest BCUT2D eigenvalue weighted by Gasteiger charge is -2.04. The van der Waals surface area contributed by atoms with Crippen LogP contribution in [0.4, 0.5) is 0 Å². The van der Waals surface area contributed by atoms with Crippen molar-refractivity contribution >= 4 is 17.2 Å². The van der Waals surface area contributed by atoms with Crippen molar-refractivity contribution in [3.8, 4) is 0 Å². The highest BCUT2D eigenvalue weighted by Crippen LogP contribution is 2.38. The molecule has 0 bridgehead atoms. The summed E-state index contributed by atoms with van der Waals surface area (Å²) in [5, 5.41) is 4.76. The summed E-state index contributed by atoms with van der Waals surface area (Å²) in [6.07, 6.45) is 4.02. The van der Waals surface area contributed by atoms with Gasteiger partial charge in [0.05, 0.1) is 17.1 Å². The Labute approximate surface area is 109 Å². The van der Waals surface area contributed by atoms with Crippen LogP contribution < -0.4 is 5.32 Å². The molecule has 2 aromatic rings. The van der Waals surface area contributed by atoms with E-state index in [0.29, 0.717) is 12.5 Å². The fourth-order valence-corrected chi connectivity index (χ4v) is 2.42. The third-order valence-electron chi connectivity index (χ3n) is 2.92. The SMILES string of the molecule is O=C(NCc1cc(C2CC2)ncn1)c1cccs1. The molecule has 0 spiro atoms. The van der Waals surface area contributed by atoms with Crippen LogP contribution in [-0.4, -0.2) is 15.9 Å². The van der Waals surface area contributed by atoms with Crippen LogP contribution in [0.1, 0.15) is 39.8 Å². The lowest BCUT2D eigenvalue weighted by molar-refractivity contribution is 0.0954. The van der Waals surface area contributed by atoms with Crippen LogP contribution in [0.25, 0.3) is 0 Å². The first-order valence-electron chi connectivity index (χ1n) is 5.95. The van der Waals surface area contributed by atoms with E-state index in [9.17, 15) is 4.79 Å². The van der Waals surface area contributed by atoms with E-state index in [2.05, 4.69) is 15.3 Å².